The van der Waals surface area contributed by atoms with Crippen LogP contribution < -0.4 is 5.32 Å². The maximum atomic E-state index is 10.9. The number of likely N-dealkylation sites (tertiary alicyclic amines) is 1. The zero-order chi connectivity index (χ0) is 9.84. The lowest BCUT2D eigenvalue weighted by atomic mass is 10.2. The van der Waals surface area contributed by atoms with Gasteiger partial charge in [-0.1, -0.05) is 0 Å². The van der Waals surface area contributed by atoms with Crippen molar-refractivity contribution in [3.8, 4) is 0 Å². The van der Waals surface area contributed by atoms with E-state index in [1.807, 2.05) is 0 Å². The Bertz CT molecular complexity index is 213. The summed E-state index contributed by atoms with van der Waals surface area (Å²) < 4.78 is 4.94. The van der Waals surface area contributed by atoms with Crippen molar-refractivity contribution in [2.45, 2.75) is 6.10 Å². The van der Waals surface area contributed by atoms with E-state index in [-0.39, 0.29) is 18.7 Å². The summed E-state index contributed by atoms with van der Waals surface area (Å²) in [5.41, 5.74) is 0. The van der Waals surface area contributed by atoms with E-state index in [0.717, 1.165) is 0 Å². The number of nitrogens with one attached hydrogen (secondary N) is 1. The van der Waals surface area contributed by atoms with Crippen molar-refractivity contribution in [1.82, 2.24) is 10.2 Å². The van der Waals surface area contributed by atoms with Gasteiger partial charge in [0.2, 0.25) is 0 Å². The molecule has 0 radical (unpaired) electrons. The lowest BCUT2D eigenvalue weighted by Crippen LogP contribution is -2.57. The standard InChI is InChI=1S/C7H12N2O4/c1-8-7(12)9-2-5(3-9)13-4-6(10)11/h5H,2-4H2,1H3,(H,8,12)(H,10,11). The number of nitrogens with zero attached hydrogens (tertiary/aromatic N) is 1. The van der Waals surface area contributed by atoms with Gasteiger partial charge in [0.15, 0.2) is 0 Å². The molecule has 1 aliphatic rings. The van der Waals surface area contributed by atoms with Crippen molar-refractivity contribution in [1.29, 1.82) is 0 Å². The SMILES string of the molecule is CNC(=O)N1CC(OCC(=O)O)C1. The number of carbonyl (C=O) groups excluding carboxylic acids is 1. The van der Waals surface area contributed by atoms with Gasteiger partial charge in [-0.25, -0.2) is 9.59 Å². The molecule has 0 bridgehead atoms. The Hall–Kier alpha value is -1.30. The highest BCUT2D eigenvalue weighted by Gasteiger charge is 2.30. The number of aliphatic carboxylic acids is 1. The number of carbonyl (C=O) groups is 2. The molecule has 0 saturated carbocycles. The zero-order valence-corrected chi connectivity index (χ0v) is 7.32. The third-order valence-electron chi connectivity index (χ3n) is 1.79. The van der Waals surface area contributed by atoms with Crippen LogP contribution in [-0.4, -0.2) is 54.9 Å². The highest BCUT2D eigenvalue weighted by atomic mass is 16.5. The molecule has 13 heavy (non-hydrogen) atoms. The highest BCUT2D eigenvalue weighted by Crippen LogP contribution is 2.10. The van der Waals surface area contributed by atoms with E-state index in [4.69, 9.17) is 9.84 Å². The number of amides is 2. The Balaban J connectivity index is 2.11. The van der Waals surface area contributed by atoms with Crippen LogP contribution in [0.3, 0.4) is 0 Å². The van der Waals surface area contributed by atoms with Crippen molar-refractivity contribution in [3.05, 3.63) is 0 Å². The fourth-order valence-electron chi connectivity index (χ4n) is 1.06. The summed E-state index contributed by atoms with van der Waals surface area (Å²) in [4.78, 5) is 22.6. The third-order valence-corrected chi connectivity index (χ3v) is 1.79. The average Bonchev–Trinajstić information content (AvgIpc) is 2.00. The Morgan fingerprint density at radius 2 is 2.23 bits per heavy atom. The number of hydrogen-bond donors (Lipinski definition) is 2. The summed E-state index contributed by atoms with van der Waals surface area (Å²) >= 11 is 0. The molecule has 1 rings (SSSR count). The fourth-order valence-corrected chi connectivity index (χ4v) is 1.06. The van der Waals surface area contributed by atoms with Gasteiger partial charge in [0.05, 0.1) is 19.2 Å². The largest absolute Gasteiger partial charge is 0.480 e. The average molecular weight is 188 g/mol. The summed E-state index contributed by atoms with van der Waals surface area (Å²) in [5, 5.41) is 10.8. The first kappa shape index (κ1) is 9.79. The lowest BCUT2D eigenvalue weighted by molar-refractivity contribution is -0.147. The molecule has 0 aromatic carbocycles. The second kappa shape index (κ2) is 4.08. The third kappa shape index (κ3) is 2.59. The Morgan fingerprint density at radius 3 is 2.69 bits per heavy atom. The van der Waals surface area contributed by atoms with E-state index in [2.05, 4.69) is 5.32 Å². The van der Waals surface area contributed by atoms with E-state index in [0.29, 0.717) is 13.1 Å². The normalized spacial score (nSPS) is 16.5. The lowest BCUT2D eigenvalue weighted by Gasteiger charge is -2.38. The molecule has 1 aliphatic heterocycles. The van der Waals surface area contributed by atoms with Crippen molar-refractivity contribution in [2.24, 2.45) is 0 Å². The quantitative estimate of drug-likeness (QED) is 0.602. The number of carboxylic acids is 1. The second-order valence-corrected chi connectivity index (χ2v) is 2.79. The van der Waals surface area contributed by atoms with Crippen molar-refractivity contribution < 1.29 is 19.4 Å². The van der Waals surface area contributed by atoms with Gasteiger partial charge in [0.1, 0.15) is 6.61 Å². The predicted molar refractivity (Wildman–Crippen MR) is 43.4 cm³/mol. The molecular formula is C7H12N2O4. The smallest absolute Gasteiger partial charge is 0.329 e. The first-order valence-corrected chi connectivity index (χ1v) is 3.93. The molecule has 1 saturated heterocycles. The summed E-state index contributed by atoms with van der Waals surface area (Å²) in [6.45, 7) is 0.631. The van der Waals surface area contributed by atoms with E-state index in [1.165, 1.54) is 0 Å². The van der Waals surface area contributed by atoms with Crippen LogP contribution in [0.4, 0.5) is 4.79 Å². The topological polar surface area (TPSA) is 78.9 Å². The van der Waals surface area contributed by atoms with E-state index in [9.17, 15) is 9.59 Å². The van der Waals surface area contributed by atoms with Gasteiger partial charge < -0.3 is 20.1 Å². The molecule has 0 spiro atoms. The monoisotopic (exact) mass is 188 g/mol. The number of rotatable bonds is 3. The van der Waals surface area contributed by atoms with Crippen molar-refractivity contribution >= 4 is 12.0 Å². The molecular weight excluding hydrogens is 176 g/mol. The van der Waals surface area contributed by atoms with Gasteiger partial charge >= 0.3 is 12.0 Å². The summed E-state index contributed by atoms with van der Waals surface area (Å²) in [5.74, 6) is -0.988. The Labute approximate surface area is 75.5 Å². The maximum Gasteiger partial charge on any atom is 0.329 e. The minimum Gasteiger partial charge on any atom is -0.480 e. The van der Waals surface area contributed by atoms with Crippen LogP contribution in [0, 0.1) is 0 Å². The molecule has 0 aromatic rings. The summed E-state index contributed by atoms with van der Waals surface area (Å²) in [7, 11) is 1.55. The zero-order valence-electron chi connectivity index (χ0n) is 7.32. The van der Waals surface area contributed by atoms with Gasteiger partial charge in [-0.05, 0) is 0 Å². The predicted octanol–water partition coefficient (Wildman–Crippen LogP) is -0.889. The van der Waals surface area contributed by atoms with Gasteiger partial charge in [0.25, 0.3) is 0 Å². The van der Waals surface area contributed by atoms with Crippen LogP contribution in [0.25, 0.3) is 0 Å². The van der Waals surface area contributed by atoms with Gasteiger partial charge in [0, 0.05) is 7.05 Å². The number of hydrogen-bond acceptors (Lipinski definition) is 3. The van der Waals surface area contributed by atoms with Gasteiger partial charge in [-0.15, -0.1) is 0 Å². The molecule has 1 fully saturated rings. The molecule has 2 N–H and O–H groups in total. The summed E-state index contributed by atoms with van der Waals surface area (Å²) in [6.07, 6.45) is -0.131. The molecule has 0 aliphatic carbocycles. The van der Waals surface area contributed by atoms with Crippen LogP contribution in [0.2, 0.25) is 0 Å². The van der Waals surface area contributed by atoms with Crippen molar-refractivity contribution in [3.63, 3.8) is 0 Å². The highest BCUT2D eigenvalue weighted by molar-refractivity contribution is 5.74. The number of carboxylic acid groups (broad SMARTS) is 1. The molecule has 0 atom stereocenters. The molecule has 6 nitrogen and oxygen atoms in total. The minimum atomic E-state index is -0.988. The van der Waals surface area contributed by atoms with Gasteiger partial charge in [-0.3, -0.25) is 0 Å². The number of ether oxygens (including phenoxy) is 1. The summed E-state index contributed by atoms with van der Waals surface area (Å²) in [6, 6.07) is -0.157. The van der Waals surface area contributed by atoms with E-state index in [1.54, 1.807) is 11.9 Å². The van der Waals surface area contributed by atoms with Crippen LogP contribution in [-0.2, 0) is 9.53 Å². The Morgan fingerprint density at radius 1 is 1.62 bits per heavy atom. The van der Waals surface area contributed by atoms with Crippen LogP contribution in [0.5, 0.6) is 0 Å². The van der Waals surface area contributed by atoms with Gasteiger partial charge in [-0.2, -0.15) is 0 Å². The molecule has 6 heteroatoms. The van der Waals surface area contributed by atoms with Crippen LogP contribution >= 0.6 is 0 Å². The second-order valence-electron chi connectivity index (χ2n) is 2.79. The molecule has 0 unspecified atom stereocenters. The van der Waals surface area contributed by atoms with E-state index < -0.39 is 5.97 Å². The molecule has 2 amide bonds. The molecule has 0 aromatic heterocycles. The maximum absolute atomic E-state index is 10.9. The molecule has 1 heterocycles. The Kier molecular flexibility index (Phi) is 3.07. The first-order valence-electron chi connectivity index (χ1n) is 3.93. The van der Waals surface area contributed by atoms with Crippen LogP contribution in [0.15, 0.2) is 0 Å². The fraction of sp³-hybridized carbons (Fsp3) is 0.714. The van der Waals surface area contributed by atoms with E-state index >= 15 is 0 Å². The molecule has 74 valence electrons. The van der Waals surface area contributed by atoms with Crippen LogP contribution in [0.1, 0.15) is 0 Å². The first-order chi connectivity index (χ1) is 6.13. The minimum absolute atomic E-state index is 0.131. The van der Waals surface area contributed by atoms with Crippen molar-refractivity contribution in [2.75, 3.05) is 26.7 Å². The number of urea groups is 1.